The minimum atomic E-state index is -0.0920. The summed E-state index contributed by atoms with van der Waals surface area (Å²) in [5.74, 6) is 2.35. The molecule has 1 aliphatic heterocycles. The van der Waals surface area contributed by atoms with E-state index < -0.39 is 0 Å². The van der Waals surface area contributed by atoms with E-state index in [1.165, 1.54) is 0 Å². The molecule has 1 unspecified atom stereocenters. The lowest BCUT2D eigenvalue weighted by atomic mass is 10.0. The fourth-order valence-electron chi connectivity index (χ4n) is 2.06. The third-order valence-electron chi connectivity index (χ3n) is 3.00. The second-order valence-electron chi connectivity index (χ2n) is 4.24. The first-order chi connectivity index (χ1) is 8.74. The number of nitrogens with two attached hydrogens (primary N) is 1. The molecule has 0 radical (unpaired) electrons. The number of benzene rings is 1. The van der Waals surface area contributed by atoms with Crippen LogP contribution in [0.15, 0.2) is 30.0 Å². The molecule has 0 aromatic heterocycles. The summed E-state index contributed by atoms with van der Waals surface area (Å²) in [5.41, 5.74) is 7.22. The maximum atomic E-state index is 6.11. The molecule has 0 saturated heterocycles. The van der Waals surface area contributed by atoms with Crippen molar-refractivity contribution in [1.29, 1.82) is 0 Å². The Hall–Kier alpha value is -1.68. The molecule has 4 nitrogen and oxygen atoms in total. The molecule has 4 heteroatoms. The third-order valence-corrected chi connectivity index (χ3v) is 3.00. The molecule has 2 rings (SSSR count). The van der Waals surface area contributed by atoms with Gasteiger partial charge in [0.25, 0.3) is 0 Å². The van der Waals surface area contributed by atoms with E-state index in [2.05, 4.69) is 6.08 Å². The van der Waals surface area contributed by atoms with Crippen LogP contribution in [0, 0.1) is 0 Å². The van der Waals surface area contributed by atoms with Crippen molar-refractivity contribution in [3.8, 4) is 11.5 Å². The normalized spacial score (nSPS) is 15.8. The Bertz CT molecular complexity index is 443. The molecule has 1 aliphatic rings. The van der Waals surface area contributed by atoms with E-state index in [9.17, 15) is 0 Å². The lowest BCUT2D eigenvalue weighted by Gasteiger charge is -2.14. The molecule has 1 aromatic carbocycles. The van der Waals surface area contributed by atoms with Crippen LogP contribution in [-0.2, 0) is 11.2 Å². The standard InChI is InChI=1S/C14H19NO3/c1-16-13-6-5-10(9-14(13)17-2)8-11(15)12-4-3-7-18-12/h4-6,9,11H,3,7-8,15H2,1-2H3. The largest absolute Gasteiger partial charge is 0.496 e. The first-order valence-corrected chi connectivity index (χ1v) is 6.04. The second-order valence-corrected chi connectivity index (χ2v) is 4.24. The molecule has 0 bridgehead atoms. The SMILES string of the molecule is COc1ccc(CC(N)C2=CCCO2)cc1OC. The van der Waals surface area contributed by atoms with Gasteiger partial charge in [0.1, 0.15) is 5.76 Å². The first kappa shape index (κ1) is 12.8. The van der Waals surface area contributed by atoms with Crippen LogP contribution in [0.25, 0.3) is 0 Å². The molecule has 0 amide bonds. The van der Waals surface area contributed by atoms with Crippen molar-refractivity contribution in [2.45, 2.75) is 18.9 Å². The molecule has 0 saturated carbocycles. The van der Waals surface area contributed by atoms with E-state index in [1.54, 1.807) is 14.2 Å². The highest BCUT2D eigenvalue weighted by atomic mass is 16.5. The monoisotopic (exact) mass is 249 g/mol. The van der Waals surface area contributed by atoms with Crippen LogP contribution in [0.4, 0.5) is 0 Å². The number of hydrogen-bond acceptors (Lipinski definition) is 4. The van der Waals surface area contributed by atoms with E-state index in [0.717, 1.165) is 42.3 Å². The Morgan fingerprint density at radius 1 is 1.28 bits per heavy atom. The highest BCUT2D eigenvalue weighted by molar-refractivity contribution is 5.43. The summed E-state index contributed by atoms with van der Waals surface area (Å²) in [6.07, 6.45) is 3.74. The zero-order valence-electron chi connectivity index (χ0n) is 10.8. The van der Waals surface area contributed by atoms with Crippen LogP contribution in [-0.4, -0.2) is 26.9 Å². The van der Waals surface area contributed by atoms with Crippen molar-refractivity contribution in [2.75, 3.05) is 20.8 Å². The summed E-state index contributed by atoms with van der Waals surface area (Å²) in [6.45, 7) is 0.745. The molecule has 98 valence electrons. The van der Waals surface area contributed by atoms with Crippen LogP contribution < -0.4 is 15.2 Å². The summed E-state index contributed by atoms with van der Waals surface area (Å²) in [5, 5.41) is 0. The first-order valence-electron chi connectivity index (χ1n) is 6.04. The van der Waals surface area contributed by atoms with E-state index in [1.807, 2.05) is 18.2 Å². The molecule has 0 spiro atoms. The number of hydrogen-bond donors (Lipinski definition) is 1. The maximum Gasteiger partial charge on any atom is 0.160 e. The van der Waals surface area contributed by atoms with E-state index in [0.29, 0.717) is 0 Å². The van der Waals surface area contributed by atoms with Gasteiger partial charge in [-0.15, -0.1) is 0 Å². The van der Waals surface area contributed by atoms with Gasteiger partial charge in [-0.1, -0.05) is 6.07 Å². The molecular formula is C14H19NO3. The molecule has 1 atom stereocenters. The lowest BCUT2D eigenvalue weighted by Crippen LogP contribution is -2.25. The zero-order chi connectivity index (χ0) is 13.0. The Balaban J connectivity index is 2.09. The summed E-state index contributed by atoms with van der Waals surface area (Å²) in [6, 6.07) is 5.75. The number of ether oxygens (including phenoxy) is 3. The minimum absolute atomic E-state index is 0.0920. The Morgan fingerprint density at radius 3 is 2.67 bits per heavy atom. The van der Waals surface area contributed by atoms with E-state index in [-0.39, 0.29) is 6.04 Å². The predicted molar refractivity (Wildman–Crippen MR) is 69.9 cm³/mol. The number of methoxy groups -OCH3 is 2. The van der Waals surface area contributed by atoms with Crippen LogP contribution in [0.5, 0.6) is 11.5 Å². The van der Waals surface area contributed by atoms with Gasteiger partial charge < -0.3 is 19.9 Å². The van der Waals surface area contributed by atoms with Gasteiger partial charge in [0.2, 0.25) is 0 Å². The number of rotatable bonds is 5. The van der Waals surface area contributed by atoms with Gasteiger partial charge in [-0.05, 0) is 30.2 Å². The third kappa shape index (κ3) is 2.76. The van der Waals surface area contributed by atoms with E-state index >= 15 is 0 Å². The average molecular weight is 249 g/mol. The zero-order valence-corrected chi connectivity index (χ0v) is 10.8. The predicted octanol–water partition coefficient (Wildman–Crippen LogP) is 1.88. The van der Waals surface area contributed by atoms with Gasteiger partial charge in [0.15, 0.2) is 11.5 Å². The maximum absolute atomic E-state index is 6.11. The highest BCUT2D eigenvalue weighted by Gasteiger charge is 2.16. The Labute approximate surface area is 107 Å². The van der Waals surface area contributed by atoms with Crippen molar-refractivity contribution in [3.05, 3.63) is 35.6 Å². The van der Waals surface area contributed by atoms with Gasteiger partial charge in [-0.25, -0.2) is 0 Å². The van der Waals surface area contributed by atoms with Crippen LogP contribution >= 0.6 is 0 Å². The molecule has 2 N–H and O–H groups in total. The molecular weight excluding hydrogens is 230 g/mol. The van der Waals surface area contributed by atoms with Gasteiger partial charge in [0, 0.05) is 6.42 Å². The molecule has 0 fully saturated rings. The van der Waals surface area contributed by atoms with Gasteiger partial charge in [-0.3, -0.25) is 0 Å². The minimum Gasteiger partial charge on any atom is -0.496 e. The fraction of sp³-hybridized carbons (Fsp3) is 0.429. The van der Waals surface area contributed by atoms with Gasteiger partial charge in [0.05, 0.1) is 26.9 Å². The van der Waals surface area contributed by atoms with E-state index in [4.69, 9.17) is 19.9 Å². The van der Waals surface area contributed by atoms with Crippen LogP contribution in [0.2, 0.25) is 0 Å². The average Bonchev–Trinajstić information content (AvgIpc) is 2.92. The molecule has 1 heterocycles. The second kappa shape index (κ2) is 5.78. The van der Waals surface area contributed by atoms with Gasteiger partial charge >= 0.3 is 0 Å². The summed E-state index contributed by atoms with van der Waals surface area (Å²) in [7, 11) is 3.25. The highest BCUT2D eigenvalue weighted by Crippen LogP contribution is 2.28. The van der Waals surface area contributed by atoms with Gasteiger partial charge in [-0.2, -0.15) is 0 Å². The van der Waals surface area contributed by atoms with Crippen molar-refractivity contribution in [2.24, 2.45) is 5.73 Å². The Kier molecular flexibility index (Phi) is 4.10. The van der Waals surface area contributed by atoms with Crippen molar-refractivity contribution in [3.63, 3.8) is 0 Å². The van der Waals surface area contributed by atoms with Crippen LogP contribution in [0.1, 0.15) is 12.0 Å². The summed E-state index contributed by atoms with van der Waals surface area (Å²) in [4.78, 5) is 0. The summed E-state index contributed by atoms with van der Waals surface area (Å²) < 4.78 is 15.9. The Morgan fingerprint density at radius 2 is 2.06 bits per heavy atom. The molecule has 1 aromatic rings. The topological polar surface area (TPSA) is 53.7 Å². The van der Waals surface area contributed by atoms with Crippen molar-refractivity contribution >= 4 is 0 Å². The smallest absolute Gasteiger partial charge is 0.160 e. The van der Waals surface area contributed by atoms with Crippen molar-refractivity contribution < 1.29 is 14.2 Å². The van der Waals surface area contributed by atoms with Crippen molar-refractivity contribution in [1.82, 2.24) is 0 Å². The fourth-order valence-corrected chi connectivity index (χ4v) is 2.06. The molecule has 18 heavy (non-hydrogen) atoms. The summed E-state index contributed by atoms with van der Waals surface area (Å²) >= 11 is 0. The van der Waals surface area contributed by atoms with Crippen LogP contribution in [0.3, 0.4) is 0 Å². The molecule has 0 aliphatic carbocycles. The lowest BCUT2D eigenvalue weighted by molar-refractivity contribution is 0.224. The quantitative estimate of drug-likeness (QED) is 0.865.